The Kier molecular flexibility index (Phi) is 3.06. The summed E-state index contributed by atoms with van der Waals surface area (Å²) < 4.78 is 36.9. The lowest BCUT2D eigenvalue weighted by atomic mass is 10.1. The van der Waals surface area contributed by atoms with E-state index >= 15 is 0 Å². The molecule has 86 valence electrons. The first-order chi connectivity index (χ1) is 8.05. The zero-order chi connectivity index (χ0) is 12.3. The van der Waals surface area contributed by atoms with Crippen molar-refractivity contribution in [3.8, 4) is 11.8 Å². The maximum absolute atomic E-state index is 12.3. The molecule has 0 fully saturated rings. The Morgan fingerprint density at radius 2 is 1.71 bits per heavy atom. The second-order valence-corrected chi connectivity index (χ2v) is 3.62. The zero-order valence-electron chi connectivity index (χ0n) is 8.88. The summed E-state index contributed by atoms with van der Waals surface area (Å²) in [4.78, 5) is 0. The number of rotatable bonds is 0. The van der Waals surface area contributed by atoms with Crippen LogP contribution in [-0.2, 0) is 6.18 Å². The predicted octanol–water partition coefficient (Wildman–Crippen LogP) is 3.94. The van der Waals surface area contributed by atoms with Gasteiger partial charge < -0.3 is 0 Å². The zero-order valence-corrected chi connectivity index (χ0v) is 8.88. The minimum atomic E-state index is -4.29. The summed E-state index contributed by atoms with van der Waals surface area (Å²) in [5.41, 5.74) is 0.840. The molecule has 0 saturated carbocycles. The van der Waals surface area contributed by atoms with Gasteiger partial charge in [0.15, 0.2) is 0 Å². The highest BCUT2D eigenvalue weighted by Gasteiger charge is 2.29. The Bertz CT molecular complexity index is 519. The normalized spacial score (nSPS) is 14.2. The molecular formula is C14H9F3. The molecule has 0 N–H and O–H groups in total. The van der Waals surface area contributed by atoms with Gasteiger partial charge in [0, 0.05) is 11.1 Å². The van der Waals surface area contributed by atoms with Crippen LogP contribution < -0.4 is 0 Å². The smallest absolute Gasteiger partial charge is 0.166 e. The minimum absolute atomic E-state index is 0.583. The maximum Gasteiger partial charge on any atom is 0.416 e. The first kappa shape index (κ1) is 11.5. The van der Waals surface area contributed by atoms with Crippen molar-refractivity contribution < 1.29 is 13.2 Å². The Morgan fingerprint density at radius 1 is 1.00 bits per heavy atom. The van der Waals surface area contributed by atoms with Gasteiger partial charge in [-0.1, -0.05) is 30.1 Å². The van der Waals surface area contributed by atoms with Crippen LogP contribution in [0.4, 0.5) is 13.2 Å². The molecule has 0 spiro atoms. The second kappa shape index (κ2) is 4.50. The number of allylic oxidation sites excluding steroid dienone is 4. The molecule has 2 rings (SSSR count). The van der Waals surface area contributed by atoms with E-state index in [1.54, 1.807) is 0 Å². The summed E-state index contributed by atoms with van der Waals surface area (Å²) in [6.45, 7) is 0. The van der Waals surface area contributed by atoms with Gasteiger partial charge in [-0.05, 0) is 30.7 Å². The van der Waals surface area contributed by atoms with Gasteiger partial charge in [-0.25, -0.2) is 0 Å². The van der Waals surface area contributed by atoms with E-state index in [0.29, 0.717) is 5.56 Å². The van der Waals surface area contributed by atoms with E-state index in [2.05, 4.69) is 11.8 Å². The van der Waals surface area contributed by atoms with Gasteiger partial charge in [0.1, 0.15) is 0 Å². The van der Waals surface area contributed by atoms with E-state index in [4.69, 9.17) is 0 Å². The topological polar surface area (TPSA) is 0 Å². The van der Waals surface area contributed by atoms with Gasteiger partial charge in [0.25, 0.3) is 0 Å². The van der Waals surface area contributed by atoms with E-state index in [1.807, 2.05) is 18.2 Å². The quantitative estimate of drug-likeness (QED) is 0.596. The van der Waals surface area contributed by atoms with Crippen molar-refractivity contribution >= 4 is 0 Å². The molecule has 1 aromatic rings. The molecule has 0 aliphatic heterocycles. The number of alkyl halides is 3. The second-order valence-electron chi connectivity index (χ2n) is 3.62. The van der Waals surface area contributed by atoms with E-state index < -0.39 is 11.7 Å². The third kappa shape index (κ3) is 3.01. The molecule has 0 unspecified atom stereocenters. The molecular weight excluding hydrogens is 225 g/mol. The summed E-state index contributed by atoms with van der Waals surface area (Å²) >= 11 is 0. The molecule has 1 aliphatic carbocycles. The lowest BCUT2D eigenvalue weighted by molar-refractivity contribution is -0.137. The number of hydrogen-bond acceptors (Lipinski definition) is 0. The van der Waals surface area contributed by atoms with Crippen LogP contribution in [-0.4, -0.2) is 0 Å². The van der Waals surface area contributed by atoms with E-state index in [-0.39, 0.29) is 0 Å². The van der Waals surface area contributed by atoms with Crippen LogP contribution in [0.3, 0.4) is 0 Å². The average Bonchev–Trinajstić information content (AvgIpc) is 2.78. The lowest BCUT2D eigenvalue weighted by Gasteiger charge is -2.05. The van der Waals surface area contributed by atoms with Crippen molar-refractivity contribution in [3.63, 3.8) is 0 Å². The first-order valence-corrected chi connectivity index (χ1v) is 5.12. The summed E-state index contributed by atoms with van der Waals surface area (Å²) in [5, 5.41) is 0. The van der Waals surface area contributed by atoms with Crippen LogP contribution in [0.25, 0.3) is 0 Å². The molecule has 0 saturated heterocycles. The van der Waals surface area contributed by atoms with E-state index in [0.717, 1.165) is 24.1 Å². The average molecular weight is 234 g/mol. The minimum Gasteiger partial charge on any atom is -0.166 e. The Hall–Kier alpha value is -1.95. The van der Waals surface area contributed by atoms with Crippen molar-refractivity contribution in [2.75, 3.05) is 0 Å². The third-order valence-corrected chi connectivity index (χ3v) is 2.33. The Balaban J connectivity index is 2.16. The van der Waals surface area contributed by atoms with Gasteiger partial charge in [-0.2, -0.15) is 13.2 Å². The molecule has 1 aliphatic rings. The van der Waals surface area contributed by atoms with Gasteiger partial charge in [0.2, 0.25) is 0 Å². The van der Waals surface area contributed by atoms with Crippen molar-refractivity contribution in [3.05, 3.63) is 59.2 Å². The van der Waals surface area contributed by atoms with Gasteiger partial charge in [-0.3, -0.25) is 0 Å². The standard InChI is InChI=1S/C14H9F3/c15-14(16,17)13-9-7-12(8-10-13)6-5-11-3-1-2-4-11/h1,3-4,7-10H,2H2. The van der Waals surface area contributed by atoms with Crippen molar-refractivity contribution in [1.29, 1.82) is 0 Å². The number of halogens is 3. The summed E-state index contributed by atoms with van der Waals surface area (Å²) in [6.07, 6.45) is 2.44. The van der Waals surface area contributed by atoms with Crippen molar-refractivity contribution in [2.24, 2.45) is 0 Å². The summed E-state index contributed by atoms with van der Waals surface area (Å²) in [7, 11) is 0. The molecule has 0 heterocycles. The molecule has 0 atom stereocenters. The maximum atomic E-state index is 12.3. The molecule has 3 heteroatoms. The van der Waals surface area contributed by atoms with Crippen LogP contribution >= 0.6 is 0 Å². The van der Waals surface area contributed by atoms with Gasteiger partial charge in [-0.15, -0.1) is 0 Å². The largest absolute Gasteiger partial charge is 0.416 e. The van der Waals surface area contributed by atoms with Crippen molar-refractivity contribution in [1.82, 2.24) is 0 Å². The van der Waals surface area contributed by atoms with Crippen LogP contribution in [0.2, 0.25) is 0 Å². The Labute approximate surface area is 97.5 Å². The highest BCUT2D eigenvalue weighted by atomic mass is 19.4. The van der Waals surface area contributed by atoms with Crippen molar-refractivity contribution in [2.45, 2.75) is 12.6 Å². The van der Waals surface area contributed by atoms with E-state index in [1.165, 1.54) is 12.1 Å². The van der Waals surface area contributed by atoms with Crippen LogP contribution in [0, 0.1) is 11.8 Å². The molecule has 0 bridgehead atoms. The lowest BCUT2D eigenvalue weighted by Crippen LogP contribution is -2.04. The molecule has 1 aromatic carbocycles. The monoisotopic (exact) mass is 234 g/mol. The number of benzene rings is 1. The predicted molar refractivity (Wildman–Crippen MR) is 60.2 cm³/mol. The SMILES string of the molecule is FC(F)(F)c1ccc(C#CC2=CCC=C2)cc1. The van der Waals surface area contributed by atoms with E-state index in [9.17, 15) is 13.2 Å². The van der Waals surface area contributed by atoms with Crippen LogP contribution in [0.15, 0.2) is 48.1 Å². The number of hydrogen-bond donors (Lipinski definition) is 0. The fourth-order valence-electron chi connectivity index (χ4n) is 1.44. The summed E-state index contributed by atoms with van der Waals surface area (Å²) in [5.74, 6) is 5.73. The molecule has 17 heavy (non-hydrogen) atoms. The highest BCUT2D eigenvalue weighted by molar-refractivity contribution is 5.47. The molecule has 0 nitrogen and oxygen atoms in total. The van der Waals surface area contributed by atoms with Crippen LogP contribution in [0.1, 0.15) is 17.5 Å². The van der Waals surface area contributed by atoms with Gasteiger partial charge >= 0.3 is 6.18 Å². The fourth-order valence-corrected chi connectivity index (χ4v) is 1.44. The molecule has 0 radical (unpaired) electrons. The third-order valence-electron chi connectivity index (χ3n) is 2.33. The first-order valence-electron chi connectivity index (χ1n) is 5.12. The Morgan fingerprint density at radius 3 is 2.24 bits per heavy atom. The molecule has 0 amide bonds. The molecule has 0 aromatic heterocycles. The van der Waals surface area contributed by atoms with Crippen LogP contribution in [0.5, 0.6) is 0 Å². The highest BCUT2D eigenvalue weighted by Crippen LogP contribution is 2.28. The van der Waals surface area contributed by atoms with Gasteiger partial charge in [0.05, 0.1) is 5.56 Å². The fraction of sp³-hybridized carbons (Fsp3) is 0.143. The summed E-state index contributed by atoms with van der Waals surface area (Å²) in [6, 6.07) is 4.86.